The molecule has 2 aromatic heterocycles. The summed E-state index contributed by atoms with van der Waals surface area (Å²) in [5, 5.41) is 23.5. The maximum atomic E-state index is 12.5. The Hall–Kier alpha value is -3.41. The average Bonchev–Trinajstić information content (AvgIpc) is 3.35. The monoisotopic (exact) mass is 500 g/mol. The van der Waals surface area contributed by atoms with E-state index in [9.17, 15) is 14.8 Å². The van der Waals surface area contributed by atoms with Crippen molar-refractivity contribution in [3.8, 4) is 11.6 Å². The molecule has 0 aliphatic carbocycles. The number of benzene rings is 2. The minimum atomic E-state index is -2.59. The largest absolute Gasteiger partial charge is 0.750 e. The molecule has 0 saturated carbocycles. The summed E-state index contributed by atoms with van der Waals surface area (Å²) in [5.74, 6) is 0.502. The number of nitrogens with zero attached hydrogens (tertiary/aromatic N) is 4. The first-order valence-corrected chi connectivity index (χ1v) is 11.7. The summed E-state index contributed by atoms with van der Waals surface area (Å²) in [6, 6.07) is 12.9. The quantitative estimate of drug-likeness (QED) is 0.319. The van der Waals surface area contributed by atoms with Gasteiger partial charge in [0.25, 0.3) is 0 Å². The highest BCUT2D eigenvalue weighted by Gasteiger charge is 2.54. The number of hydrogen-bond donors (Lipinski definition) is 3. The predicted octanol–water partition coefficient (Wildman–Crippen LogP) is 2.33. The molecule has 5 rings (SSSR count). The zero-order valence-corrected chi connectivity index (χ0v) is 19.7. The summed E-state index contributed by atoms with van der Waals surface area (Å²) in [4.78, 5) is 12.4. The van der Waals surface area contributed by atoms with Crippen LogP contribution < -0.4 is 15.0 Å². The van der Waals surface area contributed by atoms with E-state index in [1.807, 2.05) is 30.3 Å². The Balaban J connectivity index is 1.32. The molecule has 4 N–H and O–H groups in total. The number of aliphatic hydroxyl groups is 2. The van der Waals surface area contributed by atoms with Gasteiger partial charge in [-0.3, -0.25) is 4.57 Å². The fraction of sp³-hybridized carbons (Fsp3) is 0.318. The summed E-state index contributed by atoms with van der Waals surface area (Å²) in [6.07, 6.45) is -2.14. The molecule has 0 bridgehead atoms. The van der Waals surface area contributed by atoms with Gasteiger partial charge in [-0.15, -0.1) is 4.52 Å². The van der Waals surface area contributed by atoms with Gasteiger partial charge in [-0.2, -0.15) is 9.97 Å². The standard InChI is InChI=1S/C22H23N5O7P/c1-22(29)17(28)15(10-32-35(30)34-14-9-5-7-12-6-3-4-8-13(12)14)33-20(22)27-11-24-16-18(27)25-21(23)26-19(16)31-2/h3-9,11,15,17,20,28-29H,10H2,1-2H3,(H2,23,25,26)/q+1. The molecular formula is C22H23N5O7P+. The van der Waals surface area contributed by atoms with Crippen LogP contribution in [0.4, 0.5) is 5.95 Å². The second-order valence-electron chi connectivity index (χ2n) is 8.20. The Morgan fingerprint density at radius 1 is 1.23 bits per heavy atom. The van der Waals surface area contributed by atoms with Gasteiger partial charge in [0.05, 0.1) is 13.4 Å². The zero-order valence-electron chi connectivity index (χ0n) is 18.8. The third kappa shape index (κ3) is 4.15. The average molecular weight is 500 g/mol. The number of imidazole rings is 1. The molecule has 0 radical (unpaired) electrons. The maximum absolute atomic E-state index is 12.5. The van der Waals surface area contributed by atoms with Crippen molar-refractivity contribution in [2.24, 2.45) is 0 Å². The molecule has 5 atom stereocenters. The maximum Gasteiger partial charge on any atom is 0.750 e. The number of hydrogen-bond acceptors (Lipinski definition) is 11. The number of methoxy groups -OCH3 is 1. The van der Waals surface area contributed by atoms with Crippen LogP contribution in [-0.2, 0) is 13.8 Å². The van der Waals surface area contributed by atoms with Gasteiger partial charge in [-0.05, 0) is 18.4 Å². The van der Waals surface area contributed by atoms with Crippen LogP contribution in [0.15, 0.2) is 48.8 Å². The number of aliphatic hydroxyl groups excluding tert-OH is 1. The molecule has 182 valence electrons. The van der Waals surface area contributed by atoms with Gasteiger partial charge in [0.2, 0.25) is 11.8 Å². The van der Waals surface area contributed by atoms with Gasteiger partial charge >= 0.3 is 8.25 Å². The fourth-order valence-electron chi connectivity index (χ4n) is 4.11. The molecule has 1 aliphatic rings. The highest BCUT2D eigenvalue weighted by Crippen LogP contribution is 2.41. The van der Waals surface area contributed by atoms with E-state index in [4.69, 9.17) is 24.3 Å². The van der Waals surface area contributed by atoms with Crippen LogP contribution in [-0.4, -0.2) is 61.3 Å². The molecule has 1 fully saturated rings. The van der Waals surface area contributed by atoms with Crippen LogP contribution >= 0.6 is 8.25 Å². The molecule has 1 aliphatic heterocycles. The van der Waals surface area contributed by atoms with E-state index in [0.29, 0.717) is 11.3 Å². The summed E-state index contributed by atoms with van der Waals surface area (Å²) in [7, 11) is -1.17. The van der Waals surface area contributed by atoms with E-state index in [1.165, 1.54) is 24.9 Å². The second kappa shape index (κ2) is 8.99. The van der Waals surface area contributed by atoms with E-state index in [2.05, 4.69) is 15.0 Å². The van der Waals surface area contributed by atoms with Crippen molar-refractivity contribution in [1.82, 2.24) is 19.5 Å². The van der Waals surface area contributed by atoms with E-state index in [0.717, 1.165) is 10.8 Å². The lowest BCUT2D eigenvalue weighted by molar-refractivity contribution is -0.0947. The third-order valence-corrected chi connectivity index (χ3v) is 6.58. The van der Waals surface area contributed by atoms with Gasteiger partial charge in [0.1, 0.15) is 24.4 Å². The highest BCUT2D eigenvalue weighted by molar-refractivity contribution is 7.33. The summed E-state index contributed by atoms with van der Waals surface area (Å²) >= 11 is 0. The first-order valence-electron chi connectivity index (χ1n) is 10.7. The van der Waals surface area contributed by atoms with Crippen molar-refractivity contribution in [3.05, 3.63) is 48.8 Å². The van der Waals surface area contributed by atoms with Gasteiger partial charge < -0.3 is 25.4 Å². The van der Waals surface area contributed by atoms with E-state index >= 15 is 0 Å². The van der Waals surface area contributed by atoms with Crippen molar-refractivity contribution in [2.75, 3.05) is 19.5 Å². The Kier molecular flexibility index (Phi) is 5.99. The predicted molar refractivity (Wildman–Crippen MR) is 125 cm³/mol. The number of ether oxygens (including phenoxy) is 2. The molecular weight excluding hydrogens is 477 g/mol. The molecule has 5 unspecified atom stereocenters. The van der Waals surface area contributed by atoms with Crippen LogP contribution in [0.2, 0.25) is 0 Å². The molecule has 4 aromatic rings. The van der Waals surface area contributed by atoms with Gasteiger partial charge in [0.15, 0.2) is 23.1 Å². The smallest absolute Gasteiger partial charge is 0.479 e. The lowest BCUT2D eigenvalue weighted by Gasteiger charge is -2.27. The summed E-state index contributed by atoms with van der Waals surface area (Å²) in [6.45, 7) is 1.10. The first-order chi connectivity index (χ1) is 16.8. The molecule has 35 heavy (non-hydrogen) atoms. The van der Waals surface area contributed by atoms with Gasteiger partial charge in [0, 0.05) is 9.95 Å². The Morgan fingerprint density at radius 2 is 2.00 bits per heavy atom. The van der Waals surface area contributed by atoms with Crippen LogP contribution in [0.3, 0.4) is 0 Å². The minimum absolute atomic E-state index is 0.0586. The van der Waals surface area contributed by atoms with E-state index in [1.54, 1.807) is 12.1 Å². The van der Waals surface area contributed by atoms with Crippen molar-refractivity contribution >= 4 is 36.1 Å². The van der Waals surface area contributed by atoms with E-state index < -0.39 is 32.3 Å². The van der Waals surface area contributed by atoms with Crippen molar-refractivity contribution < 1.29 is 33.3 Å². The zero-order chi connectivity index (χ0) is 24.7. The second-order valence-corrected chi connectivity index (χ2v) is 9.09. The molecule has 0 spiro atoms. The lowest BCUT2D eigenvalue weighted by Crippen LogP contribution is -2.44. The SMILES string of the molecule is COc1nc(N)nc2c1ncn2C1OC(CO[P+](=O)Oc2cccc3ccccc23)C(O)C1(C)O. The normalized spacial score (nSPS) is 24.7. The number of nitrogens with two attached hydrogens (primary N) is 1. The molecule has 1 saturated heterocycles. The number of aromatic nitrogens is 4. The topological polar surface area (TPSA) is 164 Å². The van der Waals surface area contributed by atoms with Crippen LogP contribution in [0.5, 0.6) is 11.6 Å². The number of anilines is 1. The number of fused-ring (bicyclic) bond motifs is 2. The number of nitrogen functional groups attached to an aromatic ring is 1. The minimum Gasteiger partial charge on any atom is -0.479 e. The van der Waals surface area contributed by atoms with Crippen molar-refractivity contribution in [3.63, 3.8) is 0 Å². The Morgan fingerprint density at radius 3 is 2.80 bits per heavy atom. The Labute approximate surface area is 200 Å². The summed E-state index contributed by atoms with van der Waals surface area (Å²) < 4.78 is 35.9. The first kappa shape index (κ1) is 23.3. The molecule has 13 heteroatoms. The molecule has 0 amide bonds. The van der Waals surface area contributed by atoms with Crippen molar-refractivity contribution in [1.29, 1.82) is 0 Å². The van der Waals surface area contributed by atoms with Gasteiger partial charge in [-0.1, -0.05) is 36.4 Å². The number of rotatable bonds is 7. The third-order valence-electron chi connectivity index (χ3n) is 5.87. The fourth-order valence-corrected chi connectivity index (χ4v) is 4.76. The molecule has 3 heterocycles. The lowest BCUT2D eigenvalue weighted by atomic mass is 9.96. The van der Waals surface area contributed by atoms with Crippen LogP contribution in [0.25, 0.3) is 21.9 Å². The van der Waals surface area contributed by atoms with Gasteiger partial charge in [-0.25, -0.2) is 9.51 Å². The van der Waals surface area contributed by atoms with Crippen LogP contribution in [0.1, 0.15) is 13.2 Å². The summed E-state index contributed by atoms with van der Waals surface area (Å²) in [5.41, 5.74) is 4.55. The van der Waals surface area contributed by atoms with Crippen molar-refractivity contribution in [2.45, 2.75) is 31.0 Å². The van der Waals surface area contributed by atoms with Crippen LogP contribution in [0, 0.1) is 0 Å². The Bertz CT molecular complexity index is 1410. The highest BCUT2D eigenvalue weighted by atomic mass is 31.1. The van der Waals surface area contributed by atoms with E-state index in [-0.39, 0.29) is 24.1 Å². The molecule has 2 aromatic carbocycles. The molecule has 12 nitrogen and oxygen atoms in total.